The summed E-state index contributed by atoms with van der Waals surface area (Å²) in [6.45, 7) is 1.15. The average molecular weight is 318 g/mol. The number of benzene rings is 1. The summed E-state index contributed by atoms with van der Waals surface area (Å²) >= 11 is 0. The first-order valence-corrected chi connectivity index (χ1v) is 7.81. The van der Waals surface area contributed by atoms with Crippen LogP contribution < -0.4 is 0 Å². The molecule has 1 N–H and O–H groups in total. The van der Waals surface area contributed by atoms with E-state index in [1.165, 1.54) is 12.1 Å². The molecule has 0 radical (unpaired) electrons. The molecule has 1 aromatic rings. The number of nitrogens with zero attached hydrogens (tertiary/aromatic N) is 2. The number of carboxylic acids is 1. The minimum Gasteiger partial charge on any atom is -0.478 e. The Balaban J connectivity index is 1.91. The van der Waals surface area contributed by atoms with Crippen molar-refractivity contribution in [2.24, 2.45) is 0 Å². The zero-order valence-electron chi connectivity index (χ0n) is 13.3. The van der Waals surface area contributed by atoms with E-state index in [4.69, 9.17) is 5.11 Å². The summed E-state index contributed by atoms with van der Waals surface area (Å²) in [6.07, 6.45) is 3.39. The van der Waals surface area contributed by atoms with Crippen LogP contribution >= 0.6 is 0 Å². The van der Waals surface area contributed by atoms with Gasteiger partial charge in [0.2, 0.25) is 11.8 Å². The summed E-state index contributed by atoms with van der Waals surface area (Å²) in [7, 11) is 1.69. The molecule has 124 valence electrons. The fraction of sp³-hybridized carbons (Fsp3) is 0.471. The Labute approximate surface area is 135 Å². The molecule has 1 heterocycles. The Kier molecular flexibility index (Phi) is 5.73. The summed E-state index contributed by atoms with van der Waals surface area (Å²) in [4.78, 5) is 38.2. The van der Waals surface area contributed by atoms with Gasteiger partial charge in [-0.25, -0.2) is 4.79 Å². The minimum atomic E-state index is -0.972. The van der Waals surface area contributed by atoms with Crippen molar-refractivity contribution in [3.8, 4) is 0 Å². The molecule has 0 unspecified atom stereocenters. The van der Waals surface area contributed by atoms with Crippen molar-refractivity contribution >= 4 is 17.8 Å². The van der Waals surface area contributed by atoms with Crippen molar-refractivity contribution in [1.82, 2.24) is 9.80 Å². The van der Waals surface area contributed by atoms with E-state index in [0.717, 1.165) is 24.8 Å². The van der Waals surface area contributed by atoms with E-state index in [1.54, 1.807) is 29.0 Å². The van der Waals surface area contributed by atoms with Gasteiger partial charge in [0.05, 0.1) is 12.1 Å². The van der Waals surface area contributed by atoms with E-state index in [-0.39, 0.29) is 23.9 Å². The van der Waals surface area contributed by atoms with Crippen LogP contribution in [0, 0.1) is 0 Å². The fourth-order valence-electron chi connectivity index (χ4n) is 2.60. The molecule has 0 atom stereocenters. The fourth-order valence-corrected chi connectivity index (χ4v) is 2.60. The van der Waals surface area contributed by atoms with Gasteiger partial charge >= 0.3 is 5.97 Å². The number of carbonyl (C=O) groups excluding carboxylic acids is 2. The number of amides is 2. The smallest absolute Gasteiger partial charge is 0.335 e. The standard InChI is InChI=1S/C17H22N2O4/c1-18(11-13-6-8-14(9-7-13)17(22)23)16(21)12-19-10-4-2-3-5-15(19)20/h6-9H,2-5,10-12H2,1H3,(H,22,23). The zero-order valence-corrected chi connectivity index (χ0v) is 13.3. The van der Waals surface area contributed by atoms with Gasteiger partial charge in [0.1, 0.15) is 0 Å². The highest BCUT2D eigenvalue weighted by Gasteiger charge is 2.21. The lowest BCUT2D eigenvalue weighted by Crippen LogP contribution is -2.41. The predicted molar refractivity (Wildman–Crippen MR) is 84.9 cm³/mol. The molecule has 1 aliphatic rings. The van der Waals surface area contributed by atoms with E-state index in [2.05, 4.69) is 0 Å². The molecule has 0 saturated carbocycles. The Morgan fingerprint density at radius 2 is 1.87 bits per heavy atom. The number of likely N-dealkylation sites (N-methyl/N-ethyl adjacent to an activating group) is 1. The normalized spacial score (nSPS) is 15.2. The molecule has 1 aromatic carbocycles. The SMILES string of the molecule is CN(Cc1ccc(C(=O)O)cc1)C(=O)CN1CCCCCC1=O. The highest BCUT2D eigenvalue weighted by Crippen LogP contribution is 2.12. The third-order valence-electron chi connectivity index (χ3n) is 4.04. The predicted octanol–water partition coefficient (Wildman–Crippen LogP) is 1.75. The van der Waals surface area contributed by atoms with Gasteiger partial charge in [0, 0.05) is 26.6 Å². The van der Waals surface area contributed by atoms with Gasteiger partial charge in [0.15, 0.2) is 0 Å². The monoisotopic (exact) mass is 318 g/mol. The second-order valence-corrected chi connectivity index (χ2v) is 5.88. The Hall–Kier alpha value is -2.37. The second-order valence-electron chi connectivity index (χ2n) is 5.88. The van der Waals surface area contributed by atoms with Crippen LogP contribution in [0.25, 0.3) is 0 Å². The highest BCUT2D eigenvalue weighted by atomic mass is 16.4. The van der Waals surface area contributed by atoms with Crippen LogP contribution in [0.4, 0.5) is 0 Å². The molecular weight excluding hydrogens is 296 g/mol. The summed E-state index contributed by atoms with van der Waals surface area (Å²) in [5.74, 6) is -1.03. The summed E-state index contributed by atoms with van der Waals surface area (Å²) in [6, 6.07) is 6.44. The van der Waals surface area contributed by atoms with Crippen LogP contribution in [0.2, 0.25) is 0 Å². The van der Waals surface area contributed by atoms with E-state index in [9.17, 15) is 14.4 Å². The van der Waals surface area contributed by atoms with Crippen molar-refractivity contribution in [3.63, 3.8) is 0 Å². The Morgan fingerprint density at radius 3 is 2.52 bits per heavy atom. The van der Waals surface area contributed by atoms with E-state index < -0.39 is 5.97 Å². The molecule has 1 aliphatic heterocycles. The van der Waals surface area contributed by atoms with Crippen LogP contribution in [-0.2, 0) is 16.1 Å². The summed E-state index contributed by atoms with van der Waals surface area (Å²) < 4.78 is 0. The molecule has 1 saturated heterocycles. The number of aromatic carboxylic acids is 1. The first-order chi connectivity index (χ1) is 11.0. The summed E-state index contributed by atoms with van der Waals surface area (Å²) in [5.41, 5.74) is 1.07. The molecule has 2 rings (SSSR count). The largest absolute Gasteiger partial charge is 0.478 e. The topological polar surface area (TPSA) is 77.9 Å². The molecule has 6 nitrogen and oxygen atoms in total. The number of likely N-dealkylation sites (tertiary alicyclic amines) is 1. The average Bonchev–Trinajstić information content (AvgIpc) is 2.72. The first kappa shape index (κ1) is 17.0. The van der Waals surface area contributed by atoms with E-state index in [0.29, 0.717) is 19.5 Å². The van der Waals surface area contributed by atoms with Crippen LogP contribution in [0.5, 0.6) is 0 Å². The maximum absolute atomic E-state index is 12.3. The summed E-state index contributed by atoms with van der Waals surface area (Å²) in [5, 5.41) is 8.87. The van der Waals surface area contributed by atoms with Crippen LogP contribution in [0.1, 0.15) is 41.6 Å². The van der Waals surface area contributed by atoms with Gasteiger partial charge in [-0.2, -0.15) is 0 Å². The lowest BCUT2D eigenvalue weighted by atomic mass is 10.1. The second kappa shape index (κ2) is 7.76. The maximum atomic E-state index is 12.3. The van der Waals surface area contributed by atoms with Crippen LogP contribution in [0.15, 0.2) is 24.3 Å². The maximum Gasteiger partial charge on any atom is 0.335 e. The Morgan fingerprint density at radius 1 is 1.17 bits per heavy atom. The molecule has 6 heteroatoms. The number of hydrogen-bond acceptors (Lipinski definition) is 3. The van der Waals surface area contributed by atoms with Crippen molar-refractivity contribution in [2.45, 2.75) is 32.2 Å². The van der Waals surface area contributed by atoms with Gasteiger partial charge in [-0.05, 0) is 30.5 Å². The minimum absolute atomic E-state index is 0.0510. The molecule has 0 aromatic heterocycles. The third-order valence-corrected chi connectivity index (χ3v) is 4.04. The molecule has 1 fully saturated rings. The zero-order chi connectivity index (χ0) is 16.8. The molecule has 0 aliphatic carbocycles. The number of carbonyl (C=O) groups is 3. The highest BCUT2D eigenvalue weighted by molar-refractivity contribution is 5.87. The lowest BCUT2D eigenvalue weighted by molar-refractivity contribution is -0.139. The van der Waals surface area contributed by atoms with Gasteiger partial charge < -0.3 is 14.9 Å². The molecular formula is C17H22N2O4. The Bertz CT molecular complexity index is 583. The van der Waals surface area contributed by atoms with Crippen molar-refractivity contribution in [1.29, 1.82) is 0 Å². The molecule has 0 spiro atoms. The van der Waals surface area contributed by atoms with E-state index >= 15 is 0 Å². The van der Waals surface area contributed by atoms with Crippen molar-refractivity contribution in [2.75, 3.05) is 20.1 Å². The van der Waals surface area contributed by atoms with Crippen LogP contribution in [-0.4, -0.2) is 52.8 Å². The first-order valence-electron chi connectivity index (χ1n) is 7.81. The van der Waals surface area contributed by atoms with Gasteiger partial charge in [0.25, 0.3) is 0 Å². The quantitative estimate of drug-likeness (QED) is 0.897. The molecule has 0 bridgehead atoms. The van der Waals surface area contributed by atoms with E-state index in [1.807, 2.05) is 0 Å². The number of rotatable bonds is 5. The van der Waals surface area contributed by atoms with Crippen LogP contribution in [0.3, 0.4) is 0 Å². The lowest BCUT2D eigenvalue weighted by Gasteiger charge is -2.24. The van der Waals surface area contributed by atoms with Crippen molar-refractivity contribution < 1.29 is 19.5 Å². The molecule has 23 heavy (non-hydrogen) atoms. The van der Waals surface area contributed by atoms with Crippen molar-refractivity contribution in [3.05, 3.63) is 35.4 Å². The van der Waals surface area contributed by atoms with Gasteiger partial charge in [-0.15, -0.1) is 0 Å². The number of hydrogen-bond donors (Lipinski definition) is 1. The number of carboxylic acid groups (broad SMARTS) is 1. The third kappa shape index (κ3) is 4.81. The van der Waals surface area contributed by atoms with Gasteiger partial charge in [-0.3, -0.25) is 9.59 Å². The molecule has 2 amide bonds. The van der Waals surface area contributed by atoms with Gasteiger partial charge in [-0.1, -0.05) is 18.6 Å².